The molecule has 10 heteroatoms. The van der Waals surface area contributed by atoms with Crippen LogP contribution >= 0.6 is 0 Å². The maximum Gasteiger partial charge on any atom is 0.416 e. The van der Waals surface area contributed by atoms with Gasteiger partial charge in [0.25, 0.3) is 5.91 Å². The van der Waals surface area contributed by atoms with Crippen molar-refractivity contribution in [1.29, 1.82) is 0 Å². The Hall–Kier alpha value is -4.02. The summed E-state index contributed by atoms with van der Waals surface area (Å²) in [7, 11) is 2.02. The zero-order valence-electron chi connectivity index (χ0n) is 21.7. The number of nitrogens with one attached hydrogen (secondary N) is 1. The van der Waals surface area contributed by atoms with Gasteiger partial charge in [-0.25, -0.2) is 9.97 Å². The Labute approximate surface area is 224 Å². The molecule has 1 saturated heterocycles. The molecule has 0 saturated carbocycles. The highest BCUT2D eigenvalue weighted by Crippen LogP contribution is 2.32. The summed E-state index contributed by atoms with van der Waals surface area (Å²) in [6.07, 6.45) is -2.91. The molecule has 4 aromatic rings. The number of nitrogens with zero attached hydrogens (tertiary/aromatic N) is 4. The van der Waals surface area contributed by atoms with Crippen LogP contribution in [0.3, 0.4) is 0 Å². The molecule has 1 aromatic heterocycles. The van der Waals surface area contributed by atoms with Crippen LogP contribution in [0.2, 0.25) is 0 Å². The van der Waals surface area contributed by atoms with Gasteiger partial charge >= 0.3 is 6.18 Å². The number of benzene rings is 3. The topological polar surface area (TPSA) is 87.4 Å². The minimum atomic E-state index is -4.56. The fourth-order valence-electron chi connectivity index (χ4n) is 4.77. The van der Waals surface area contributed by atoms with Crippen molar-refractivity contribution in [2.45, 2.75) is 19.6 Å². The molecule has 0 spiro atoms. The van der Waals surface area contributed by atoms with Crippen molar-refractivity contribution in [3.63, 3.8) is 0 Å². The first-order valence-electron chi connectivity index (χ1n) is 12.6. The predicted molar refractivity (Wildman–Crippen MR) is 146 cm³/mol. The summed E-state index contributed by atoms with van der Waals surface area (Å²) in [5.74, 6) is -0.407. The summed E-state index contributed by atoms with van der Waals surface area (Å²) in [5.41, 5.74) is 9.19. The van der Waals surface area contributed by atoms with E-state index >= 15 is 0 Å². The second kappa shape index (κ2) is 10.6. The molecule has 0 unspecified atom stereocenters. The van der Waals surface area contributed by atoms with Crippen LogP contribution in [-0.4, -0.2) is 58.9 Å². The molecule has 1 aliphatic rings. The molecule has 0 aliphatic carbocycles. The van der Waals surface area contributed by atoms with E-state index in [1.807, 2.05) is 44.3 Å². The van der Waals surface area contributed by atoms with Crippen molar-refractivity contribution in [3.8, 4) is 11.1 Å². The van der Waals surface area contributed by atoms with Crippen LogP contribution in [0, 0.1) is 6.92 Å². The van der Waals surface area contributed by atoms with Gasteiger partial charge < -0.3 is 16.0 Å². The molecule has 1 amide bonds. The maximum absolute atomic E-state index is 13.7. The first kappa shape index (κ1) is 26.6. The van der Waals surface area contributed by atoms with Crippen LogP contribution in [0.5, 0.6) is 0 Å². The van der Waals surface area contributed by atoms with E-state index in [0.29, 0.717) is 23.3 Å². The number of anilines is 2. The lowest BCUT2D eigenvalue weighted by atomic mass is 9.98. The smallest absolute Gasteiger partial charge is 0.368 e. The fourth-order valence-corrected chi connectivity index (χ4v) is 4.77. The van der Waals surface area contributed by atoms with Crippen LogP contribution < -0.4 is 11.1 Å². The minimum absolute atomic E-state index is 0.0310. The molecule has 1 fully saturated rings. The number of piperazine rings is 1. The van der Waals surface area contributed by atoms with E-state index < -0.39 is 17.6 Å². The van der Waals surface area contributed by atoms with E-state index in [9.17, 15) is 18.0 Å². The molecule has 1 aliphatic heterocycles. The highest BCUT2D eigenvalue weighted by Gasteiger charge is 2.32. The number of nitrogen functional groups attached to an aromatic ring is 1. The lowest BCUT2D eigenvalue weighted by Gasteiger charge is -2.32. The van der Waals surface area contributed by atoms with Crippen LogP contribution in [0.15, 0.2) is 60.8 Å². The monoisotopic (exact) mass is 534 g/mol. The van der Waals surface area contributed by atoms with Crippen molar-refractivity contribution in [3.05, 3.63) is 83.0 Å². The molecular weight excluding hydrogens is 505 g/mol. The molecule has 2 heterocycles. The highest BCUT2D eigenvalue weighted by atomic mass is 19.4. The third-order valence-corrected chi connectivity index (χ3v) is 6.99. The normalized spacial score (nSPS) is 15.0. The average molecular weight is 535 g/mol. The van der Waals surface area contributed by atoms with Gasteiger partial charge in [-0.15, -0.1) is 0 Å². The van der Waals surface area contributed by atoms with Gasteiger partial charge in [-0.1, -0.05) is 12.1 Å². The standard InChI is InChI=1S/C29H29F3N6O/c1-18-3-5-24(15-25(18)20-4-6-26-22(13-20)16-34-28(33)36-26)35-27(39)21-11-19(12-23(14-21)29(30,31)32)17-38-9-7-37(2)8-10-38/h3-6,11-16H,7-10,17H2,1-2H3,(H,35,39)(H2,33,34,36). The van der Waals surface area contributed by atoms with Crippen LogP contribution in [0.25, 0.3) is 22.0 Å². The SMILES string of the molecule is Cc1ccc(NC(=O)c2cc(CN3CCN(C)CC3)cc(C(F)(F)F)c2)cc1-c1ccc2nc(N)ncc2c1. The summed E-state index contributed by atoms with van der Waals surface area (Å²) >= 11 is 0. The van der Waals surface area contributed by atoms with E-state index in [1.54, 1.807) is 18.3 Å². The zero-order valence-corrected chi connectivity index (χ0v) is 21.7. The average Bonchev–Trinajstić information content (AvgIpc) is 2.90. The number of likely N-dealkylation sites (N-methyl/N-ethyl adjacent to an activating group) is 1. The van der Waals surface area contributed by atoms with Crippen molar-refractivity contribution < 1.29 is 18.0 Å². The van der Waals surface area contributed by atoms with E-state index in [4.69, 9.17) is 5.73 Å². The Morgan fingerprint density at radius 3 is 2.54 bits per heavy atom. The number of nitrogens with two attached hydrogens (primary N) is 1. The zero-order chi connectivity index (χ0) is 27.7. The summed E-state index contributed by atoms with van der Waals surface area (Å²) < 4.78 is 41.2. The Morgan fingerprint density at radius 1 is 1.03 bits per heavy atom. The number of amides is 1. The number of alkyl halides is 3. The van der Waals surface area contributed by atoms with E-state index in [-0.39, 0.29) is 11.5 Å². The number of halogens is 3. The number of aromatic nitrogens is 2. The van der Waals surface area contributed by atoms with Gasteiger partial charge in [0.1, 0.15) is 0 Å². The number of rotatable bonds is 5. The van der Waals surface area contributed by atoms with Gasteiger partial charge in [0.2, 0.25) is 5.95 Å². The molecule has 0 radical (unpaired) electrons. The first-order chi connectivity index (χ1) is 18.5. The number of aryl methyl sites for hydroxylation is 1. The van der Waals surface area contributed by atoms with Crippen molar-refractivity contribution in [2.24, 2.45) is 0 Å². The first-order valence-corrected chi connectivity index (χ1v) is 12.6. The van der Waals surface area contributed by atoms with Crippen molar-refractivity contribution in [1.82, 2.24) is 19.8 Å². The van der Waals surface area contributed by atoms with E-state index in [2.05, 4.69) is 25.1 Å². The Balaban J connectivity index is 1.41. The molecule has 202 valence electrons. The highest BCUT2D eigenvalue weighted by molar-refractivity contribution is 6.05. The second-order valence-corrected chi connectivity index (χ2v) is 9.98. The van der Waals surface area contributed by atoms with Crippen LogP contribution in [-0.2, 0) is 12.7 Å². The van der Waals surface area contributed by atoms with Gasteiger partial charge in [0.15, 0.2) is 0 Å². The lowest BCUT2D eigenvalue weighted by Crippen LogP contribution is -2.43. The van der Waals surface area contributed by atoms with Gasteiger partial charge in [-0.3, -0.25) is 9.69 Å². The maximum atomic E-state index is 13.7. The van der Waals surface area contributed by atoms with Crippen molar-refractivity contribution >= 4 is 28.4 Å². The molecule has 0 bridgehead atoms. The van der Waals surface area contributed by atoms with Crippen LogP contribution in [0.4, 0.5) is 24.8 Å². The number of carbonyl (C=O) groups is 1. The second-order valence-electron chi connectivity index (χ2n) is 9.98. The van der Waals surface area contributed by atoms with Gasteiger partial charge in [-0.05, 0) is 78.7 Å². The molecule has 3 aromatic carbocycles. The number of fused-ring (bicyclic) bond motifs is 1. The van der Waals surface area contributed by atoms with Crippen molar-refractivity contribution in [2.75, 3.05) is 44.3 Å². The molecular formula is C29H29F3N6O. The lowest BCUT2D eigenvalue weighted by molar-refractivity contribution is -0.137. The summed E-state index contributed by atoms with van der Waals surface area (Å²) in [4.78, 5) is 25.7. The Morgan fingerprint density at radius 2 is 1.79 bits per heavy atom. The van der Waals surface area contributed by atoms with Gasteiger partial charge in [0, 0.05) is 55.6 Å². The summed E-state index contributed by atoms with van der Waals surface area (Å²) in [6, 6.07) is 14.7. The number of hydrogen-bond donors (Lipinski definition) is 2. The van der Waals surface area contributed by atoms with Gasteiger partial charge in [-0.2, -0.15) is 13.2 Å². The molecule has 3 N–H and O–H groups in total. The molecule has 7 nitrogen and oxygen atoms in total. The fraction of sp³-hybridized carbons (Fsp3) is 0.276. The molecule has 0 atom stereocenters. The Bertz CT molecular complexity index is 1530. The van der Waals surface area contributed by atoms with Gasteiger partial charge in [0.05, 0.1) is 11.1 Å². The molecule has 5 rings (SSSR count). The summed E-state index contributed by atoms with van der Waals surface area (Å²) in [6.45, 7) is 5.51. The Kier molecular flexibility index (Phi) is 7.24. The summed E-state index contributed by atoms with van der Waals surface area (Å²) in [5, 5.41) is 3.60. The van der Waals surface area contributed by atoms with Crippen LogP contribution in [0.1, 0.15) is 27.0 Å². The number of carbonyl (C=O) groups excluding carboxylic acids is 1. The largest absolute Gasteiger partial charge is 0.416 e. The predicted octanol–water partition coefficient (Wildman–Crippen LogP) is 5.21. The minimum Gasteiger partial charge on any atom is -0.368 e. The molecule has 39 heavy (non-hydrogen) atoms. The van der Waals surface area contributed by atoms with E-state index in [1.165, 1.54) is 0 Å². The third-order valence-electron chi connectivity index (χ3n) is 6.99. The third kappa shape index (κ3) is 6.18. The number of hydrogen-bond acceptors (Lipinski definition) is 6. The quantitative estimate of drug-likeness (QED) is 0.366. The van der Waals surface area contributed by atoms with E-state index in [0.717, 1.165) is 60.4 Å².